The van der Waals surface area contributed by atoms with Gasteiger partial charge in [0.2, 0.25) is 0 Å². The summed E-state index contributed by atoms with van der Waals surface area (Å²) in [7, 11) is 0. The van der Waals surface area contributed by atoms with E-state index in [1.54, 1.807) is 0 Å². The van der Waals surface area contributed by atoms with Crippen LogP contribution in [0.3, 0.4) is 0 Å². The Morgan fingerprint density at radius 3 is 2.56 bits per heavy atom. The van der Waals surface area contributed by atoms with Crippen molar-refractivity contribution in [2.75, 3.05) is 26.2 Å². The number of rotatable bonds is 3. The van der Waals surface area contributed by atoms with E-state index in [1.807, 2.05) is 0 Å². The van der Waals surface area contributed by atoms with Crippen molar-refractivity contribution in [2.24, 2.45) is 0 Å². The Bertz CT molecular complexity index is 73.5. The van der Waals surface area contributed by atoms with Crippen molar-refractivity contribution in [2.45, 2.75) is 12.8 Å². The normalized spacial score (nSPS) is 21.0. The second kappa shape index (κ2) is 4.14. The summed E-state index contributed by atoms with van der Waals surface area (Å²) in [5.41, 5.74) is 0. The third-order valence-corrected chi connectivity index (χ3v) is 1.88. The monoisotopic (exact) mass is 147 g/mol. The third kappa shape index (κ3) is 2.56. The Morgan fingerprint density at radius 1 is 1.33 bits per heavy atom. The van der Waals surface area contributed by atoms with Crippen molar-refractivity contribution in [1.82, 2.24) is 4.90 Å². The van der Waals surface area contributed by atoms with Gasteiger partial charge in [0.25, 0.3) is 0 Å². The van der Waals surface area contributed by atoms with Crippen LogP contribution < -0.4 is 0 Å². The molecule has 0 radical (unpaired) electrons. The highest BCUT2D eigenvalue weighted by Crippen LogP contribution is 2.05. The fourth-order valence-electron chi connectivity index (χ4n) is 1.18. The standard InChI is InChI=1S/C6H13NOS/c9-8-6-5-7-3-1-2-4-7/h9H,1-6H2. The zero-order valence-electron chi connectivity index (χ0n) is 5.55. The van der Waals surface area contributed by atoms with Gasteiger partial charge in [-0.05, 0) is 38.8 Å². The number of likely N-dealkylation sites (tertiary alicyclic amines) is 1. The minimum Gasteiger partial charge on any atom is -0.317 e. The number of nitrogens with zero attached hydrogens (tertiary/aromatic N) is 1. The van der Waals surface area contributed by atoms with Crippen LogP contribution in [-0.2, 0) is 4.18 Å². The lowest BCUT2D eigenvalue weighted by Gasteiger charge is -2.11. The molecule has 0 unspecified atom stereocenters. The Hall–Kier alpha value is 0.270. The Balaban J connectivity index is 1.98. The van der Waals surface area contributed by atoms with E-state index in [1.165, 1.54) is 25.9 Å². The molecule has 0 aromatic rings. The molecule has 1 fully saturated rings. The second-order valence-corrected chi connectivity index (χ2v) is 2.64. The van der Waals surface area contributed by atoms with E-state index < -0.39 is 0 Å². The van der Waals surface area contributed by atoms with Crippen LogP contribution in [0.4, 0.5) is 0 Å². The smallest absolute Gasteiger partial charge is 0.0737 e. The van der Waals surface area contributed by atoms with Crippen LogP contribution in [0.1, 0.15) is 12.8 Å². The summed E-state index contributed by atoms with van der Waals surface area (Å²) in [4.78, 5) is 2.40. The fraction of sp³-hybridized carbons (Fsp3) is 1.00. The lowest BCUT2D eigenvalue weighted by atomic mass is 10.4. The number of thiol groups is 1. The van der Waals surface area contributed by atoms with E-state index in [0.29, 0.717) is 0 Å². The largest absolute Gasteiger partial charge is 0.317 e. The minimum absolute atomic E-state index is 0.753. The van der Waals surface area contributed by atoms with Gasteiger partial charge in [-0.25, -0.2) is 0 Å². The lowest BCUT2D eigenvalue weighted by molar-refractivity contribution is 0.264. The van der Waals surface area contributed by atoms with Gasteiger partial charge in [-0.3, -0.25) is 0 Å². The van der Waals surface area contributed by atoms with Crippen LogP contribution in [0.2, 0.25) is 0 Å². The van der Waals surface area contributed by atoms with Gasteiger partial charge < -0.3 is 9.08 Å². The van der Waals surface area contributed by atoms with Crippen LogP contribution in [0, 0.1) is 0 Å². The SMILES string of the molecule is SOCCN1CCCC1. The summed E-state index contributed by atoms with van der Waals surface area (Å²) in [5.74, 6) is 0. The van der Waals surface area contributed by atoms with Crippen LogP contribution in [0.5, 0.6) is 0 Å². The summed E-state index contributed by atoms with van der Waals surface area (Å²) in [6, 6.07) is 0. The molecular weight excluding hydrogens is 134 g/mol. The van der Waals surface area contributed by atoms with Gasteiger partial charge in [0.1, 0.15) is 0 Å². The summed E-state index contributed by atoms with van der Waals surface area (Å²) < 4.78 is 4.66. The molecule has 1 heterocycles. The Morgan fingerprint density at radius 2 is 2.00 bits per heavy atom. The molecule has 54 valence electrons. The topological polar surface area (TPSA) is 12.5 Å². The maximum absolute atomic E-state index is 4.66. The van der Waals surface area contributed by atoms with Gasteiger partial charge in [-0.15, -0.1) is 0 Å². The third-order valence-electron chi connectivity index (χ3n) is 1.70. The van der Waals surface area contributed by atoms with Crippen molar-refractivity contribution >= 4 is 12.9 Å². The molecule has 0 saturated carbocycles. The zero-order valence-corrected chi connectivity index (χ0v) is 6.44. The average molecular weight is 147 g/mol. The molecule has 0 aromatic carbocycles. The highest BCUT2D eigenvalue weighted by atomic mass is 32.1. The van der Waals surface area contributed by atoms with E-state index in [9.17, 15) is 0 Å². The van der Waals surface area contributed by atoms with E-state index >= 15 is 0 Å². The van der Waals surface area contributed by atoms with Crippen molar-refractivity contribution in [3.05, 3.63) is 0 Å². The molecule has 0 amide bonds. The first kappa shape index (κ1) is 7.38. The van der Waals surface area contributed by atoms with Gasteiger partial charge >= 0.3 is 0 Å². The molecule has 0 aliphatic carbocycles. The first-order chi connectivity index (χ1) is 4.43. The first-order valence-electron chi connectivity index (χ1n) is 3.42. The van der Waals surface area contributed by atoms with Crippen molar-refractivity contribution in [1.29, 1.82) is 0 Å². The molecule has 0 N–H and O–H groups in total. The molecular formula is C6H13NOS. The van der Waals surface area contributed by atoms with Gasteiger partial charge in [-0.1, -0.05) is 0 Å². The second-order valence-electron chi connectivity index (χ2n) is 2.38. The van der Waals surface area contributed by atoms with Gasteiger partial charge in [0, 0.05) is 6.54 Å². The molecule has 1 aliphatic heterocycles. The van der Waals surface area contributed by atoms with Crippen LogP contribution in [-0.4, -0.2) is 31.1 Å². The summed E-state index contributed by atoms with van der Waals surface area (Å²) in [5, 5.41) is 0. The minimum atomic E-state index is 0.753. The van der Waals surface area contributed by atoms with E-state index in [0.717, 1.165) is 13.2 Å². The van der Waals surface area contributed by atoms with Gasteiger partial charge in [0.05, 0.1) is 6.61 Å². The predicted octanol–water partition coefficient (Wildman–Crippen LogP) is 0.944. The molecule has 2 nitrogen and oxygen atoms in total. The first-order valence-corrected chi connectivity index (χ1v) is 3.79. The highest BCUT2D eigenvalue weighted by Gasteiger charge is 2.09. The molecule has 0 spiro atoms. The van der Waals surface area contributed by atoms with Gasteiger partial charge in [-0.2, -0.15) is 0 Å². The van der Waals surface area contributed by atoms with Crippen LogP contribution >= 0.6 is 12.9 Å². The van der Waals surface area contributed by atoms with Crippen LogP contribution in [0.15, 0.2) is 0 Å². The Kier molecular flexibility index (Phi) is 3.40. The fourth-order valence-corrected chi connectivity index (χ4v) is 1.26. The average Bonchev–Trinajstić information content (AvgIpc) is 2.34. The summed E-state index contributed by atoms with van der Waals surface area (Å²) in [6.07, 6.45) is 2.71. The summed E-state index contributed by atoms with van der Waals surface area (Å²) >= 11 is 3.67. The highest BCUT2D eigenvalue weighted by molar-refractivity contribution is 7.75. The zero-order chi connectivity index (χ0) is 6.53. The van der Waals surface area contributed by atoms with Crippen molar-refractivity contribution in [3.8, 4) is 0 Å². The van der Waals surface area contributed by atoms with E-state index in [2.05, 4.69) is 22.0 Å². The molecule has 0 bridgehead atoms. The Labute approximate surface area is 61.8 Å². The van der Waals surface area contributed by atoms with Crippen molar-refractivity contribution in [3.63, 3.8) is 0 Å². The van der Waals surface area contributed by atoms with E-state index in [4.69, 9.17) is 0 Å². The molecule has 1 rings (SSSR count). The molecule has 0 atom stereocenters. The maximum Gasteiger partial charge on any atom is 0.0737 e. The van der Waals surface area contributed by atoms with Crippen molar-refractivity contribution < 1.29 is 4.18 Å². The summed E-state index contributed by atoms with van der Waals surface area (Å²) in [6.45, 7) is 4.29. The quantitative estimate of drug-likeness (QED) is 0.471. The molecule has 1 saturated heterocycles. The van der Waals surface area contributed by atoms with E-state index in [-0.39, 0.29) is 0 Å². The molecule has 1 aliphatic rings. The molecule has 0 aromatic heterocycles. The maximum atomic E-state index is 4.66. The number of hydrogen-bond donors (Lipinski definition) is 1. The van der Waals surface area contributed by atoms with Gasteiger partial charge in [0.15, 0.2) is 0 Å². The lowest BCUT2D eigenvalue weighted by Crippen LogP contribution is -2.22. The number of hydrogen-bond acceptors (Lipinski definition) is 3. The molecule has 3 heteroatoms. The molecule has 9 heavy (non-hydrogen) atoms. The predicted molar refractivity (Wildman–Crippen MR) is 40.6 cm³/mol. The van der Waals surface area contributed by atoms with Crippen LogP contribution in [0.25, 0.3) is 0 Å².